The van der Waals surface area contributed by atoms with Crippen LogP contribution in [-0.2, 0) is 9.47 Å². The lowest BCUT2D eigenvalue weighted by Crippen LogP contribution is -2.64. The van der Waals surface area contributed by atoms with Gasteiger partial charge in [0.2, 0.25) is 0 Å². The molecule has 0 saturated heterocycles. The molecular weight excluding hydrogens is 192 g/mol. The molecule has 1 rings (SSSR count). The number of aliphatic hydroxyl groups is 4. The molecule has 1 aliphatic rings. The first-order chi connectivity index (χ1) is 6.54. The van der Waals surface area contributed by atoms with E-state index < -0.39 is 36.6 Å². The highest BCUT2D eigenvalue weighted by molar-refractivity contribution is 4.99. The van der Waals surface area contributed by atoms with Gasteiger partial charge in [-0.05, 0) is 0 Å². The topological polar surface area (TPSA) is 99.4 Å². The van der Waals surface area contributed by atoms with Gasteiger partial charge in [0.25, 0.3) is 0 Å². The highest BCUT2D eigenvalue weighted by atomic mass is 16.5. The van der Waals surface area contributed by atoms with Crippen LogP contribution in [-0.4, -0.2) is 71.3 Å². The van der Waals surface area contributed by atoms with Crippen LogP contribution in [0.1, 0.15) is 0 Å². The summed E-state index contributed by atoms with van der Waals surface area (Å²) in [6.45, 7) is 0. The molecule has 5 unspecified atom stereocenters. The second-order valence-corrected chi connectivity index (χ2v) is 3.36. The van der Waals surface area contributed by atoms with Gasteiger partial charge in [-0.15, -0.1) is 0 Å². The highest BCUT2D eigenvalue weighted by Crippen LogP contribution is 2.24. The van der Waals surface area contributed by atoms with Gasteiger partial charge in [-0.3, -0.25) is 0 Å². The fourth-order valence-corrected chi connectivity index (χ4v) is 1.74. The van der Waals surface area contributed by atoms with Crippen molar-refractivity contribution in [1.29, 1.82) is 0 Å². The fraction of sp³-hybridized carbons (Fsp3) is 1.00. The Balaban J connectivity index is 2.82. The van der Waals surface area contributed by atoms with Gasteiger partial charge in [-0.25, -0.2) is 0 Å². The number of hydrogen-bond donors (Lipinski definition) is 4. The Morgan fingerprint density at radius 3 is 1.29 bits per heavy atom. The second-order valence-electron chi connectivity index (χ2n) is 3.36. The molecule has 0 aromatic carbocycles. The van der Waals surface area contributed by atoms with Crippen molar-refractivity contribution in [3.8, 4) is 0 Å². The van der Waals surface area contributed by atoms with Gasteiger partial charge in [0.1, 0.15) is 36.6 Å². The summed E-state index contributed by atoms with van der Waals surface area (Å²) in [5, 5.41) is 37.9. The predicted molar refractivity (Wildman–Crippen MR) is 45.6 cm³/mol. The van der Waals surface area contributed by atoms with Crippen LogP contribution in [0.25, 0.3) is 0 Å². The minimum atomic E-state index is -1.38. The standard InChI is InChI=1S/C8H16O6/c1-13-7-4(10)3(9)5(11)8(14-2)6(7)12/h3-12H,1-2H3/t3?,4-,5?,6?,7?,8?/m0/s1. The number of hydrogen-bond acceptors (Lipinski definition) is 6. The average Bonchev–Trinajstić information content (AvgIpc) is 2.16. The van der Waals surface area contributed by atoms with E-state index in [1.807, 2.05) is 0 Å². The molecule has 6 heteroatoms. The van der Waals surface area contributed by atoms with Gasteiger partial charge in [-0.2, -0.15) is 0 Å². The summed E-state index contributed by atoms with van der Waals surface area (Å²) in [6, 6.07) is 0. The molecule has 0 amide bonds. The van der Waals surface area contributed by atoms with E-state index in [4.69, 9.17) is 9.47 Å². The van der Waals surface area contributed by atoms with E-state index in [1.54, 1.807) is 0 Å². The third-order valence-electron chi connectivity index (χ3n) is 2.59. The molecular formula is C8H16O6. The van der Waals surface area contributed by atoms with Crippen molar-refractivity contribution in [2.45, 2.75) is 36.6 Å². The summed E-state index contributed by atoms with van der Waals surface area (Å²) in [6.07, 6.45) is -7.11. The number of ether oxygens (including phenoxy) is 2. The summed E-state index contributed by atoms with van der Waals surface area (Å²) < 4.78 is 9.63. The van der Waals surface area contributed by atoms with E-state index in [1.165, 1.54) is 14.2 Å². The highest BCUT2D eigenvalue weighted by Gasteiger charge is 2.49. The predicted octanol–water partition coefficient (Wildman–Crippen LogP) is -2.53. The van der Waals surface area contributed by atoms with Crippen molar-refractivity contribution in [2.24, 2.45) is 0 Å². The lowest BCUT2D eigenvalue weighted by atomic mass is 9.85. The van der Waals surface area contributed by atoms with Gasteiger partial charge in [0, 0.05) is 14.2 Å². The largest absolute Gasteiger partial charge is 0.387 e. The van der Waals surface area contributed by atoms with Crippen molar-refractivity contribution >= 4 is 0 Å². The molecule has 4 N–H and O–H groups in total. The van der Waals surface area contributed by atoms with Crippen LogP contribution in [0.3, 0.4) is 0 Å². The molecule has 14 heavy (non-hydrogen) atoms. The van der Waals surface area contributed by atoms with E-state index in [9.17, 15) is 20.4 Å². The van der Waals surface area contributed by atoms with Crippen molar-refractivity contribution in [1.82, 2.24) is 0 Å². The van der Waals surface area contributed by atoms with Crippen LogP contribution in [0, 0.1) is 0 Å². The molecule has 0 heterocycles. The average molecular weight is 208 g/mol. The smallest absolute Gasteiger partial charge is 0.114 e. The summed E-state index contributed by atoms with van der Waals surface area (Å²) in [7, 11) is 2.60. The Morgan fingerprint density at radius 2 is 1.00 bits per heavy atom. The minimum Gasteiger partial charge on any atom is -0.387 e. The molecule has 0 radical (unpaired) electrons. The SMILES string of the molecule is COC1C(O)C(O)[C@H](O)C(OC)C1O. The first-order valence-electron chi connectivity index (χ1n) is 4.32. The maximum Gasteiger partial charge on any atom is 0.114 e. The monoisotopic (exact) mass is 208 g/mol. The van der Waals surface area contributed by atoms with Gasteiger partial charge in [0.05, 0.1) is 0 Å². The quantitative estimate of drug-likeness (QED) is 0.399. The third kappa shape index (κ3) is 1.77. The molecule has 1 saturated carbocycles. The molecule has 0 aliphatic heterocycles. The maximum atomic E-state index is 9.61. The third-order valence-corrected chi connectivity index (χ3v) is 2.59. The second kappa shape index (κ2) is 4.52. The van der Waals surface area contributed by atoms with Crippen molar-refractivity contribution in [3.63, 3.8) is 0 Å². The molecule has 1 aliphatic carbocycles. The number of aliphatic hydroxyl groups excluding tert-OH is 4. The molecule has 0 aromatic heterocycles. The van der Waals surface area contributed by atoms with Crippen molar-refractivity contribution in [3.05, 3.63) is 0 Å². The van der Waals surface area contributed by atoms with Crippen molar-refractivity contribution in [2.75, 3.05) is 14.2 Å². The van der Waals surface area contributed by atoms with E-state index in [0.717, 1.165) is 0 Å². The van der Waals surface area contributed by atoms with E-state index in [-0.39, 0.29) is 0 Å². The summed E-state index contributed by atoms with van der Waals surface area (Å²) in [4.78, 5) is 0. The van der Waals surface area contributed by atoms with Gasteiger partial charge < -0.3 is 29.9 Å². The van der Waals surface area contributed by atoms with Gasteiger partial charge in [0.15, 0.2) is 0 Å². The summed E-state index contributed by atoms with van der Waals surface area (Å²) in [5.74, 6) is 0. The summed E-state index contributed by atoms with van der Waals surface area (Å²) >= 11 is 0. The molecule has 84 valence electrons. The van der Waals surface area contributed by atoms with Crippen LogP contribution in [0.2, 0.25) is 0 Å². The molecule has 6 atom stereocenters. The minimum absolute atomic E-state index is 0.960. The maximum absolute atomic E-state index is 9.61. The Hall–Kier alpha value is -0.240. The summed E-state index contributed by atoms with van der Waals surface area (Å²) in [5.41, 5.74) is 0. The first kappa shape index (κ1) is 11.8. The molecule has 0 bridgehead atoms. The zero-order chi connectivity index (χ0) is 10.9. The fourth-order valence-electron chi connectivity index (χ4n) is 1.74. The van der Waals surface area contributed by atoms with E-state index in [0.29, 0.717) is 0 Å². The Labute approximate surface area is 81.7 Å². The zero-order valence-corrected chi connectivity index (χ0v) is 8.07. The van der Waals surface area contributed by atoms with E-state index >= 15 is 0 Å². The van der Waals surface area contributed by atoms with Gasteiger partial charge in [-0.1, -0.05) is 0 Å². The molecule has 1 fully saturated rings. The van der Waals surface area contributed by atoms with Crippen molar-refractivity contribution < 1.29 is 29.9 Å². The lowest BCUT2D eigenvalue weighted by Gasteiger charge is -2.42. The lowest BCUT2D eigenvalue weighted by molar-refractivity contribution is -0.235. The van der Waals surface area contributed by atoms with Crippen LogP contribution in [0.15, 0.2) is 0 Å². The Kier molecular flexibility index (Phi) is 3.82. The van der Waals surface area contributed by atoms with Crippen LogP contribution < -0.4 is 0 Å². The van der Waals surface area contributed by atoms with Crippen LogP contribution >= 0.6 is 0 Å². The van der Waals surface area contributed by atoms with Gasteiger partial charge >= 0.3 is 0 Å². The van der Waals surface area contributed by atoms with E-state index in [2.05, 4.69) is 0 Å². The zero-order valence-electron chi connectivity index (χ0n) is 8.07. The molecule has 0 aromatic rings. The normalized spacial score (nSPS) is 49.3. The van der Waals surface area contributed by atoms with Crippen LogP contribution in [0.4, 0.5) is 0 Å². The molecule has 6 nitrogen and oxygen atoms in total. The first-order valence-corrected chi connectivity index (χ1v) is 4.32. The van der Waals surface area contributed by atoms with Crippen LogP contribution in [0.5, 0.6) is 0 Å². The Morgan fingerprint density at radius 1 is 0.643 bits per heavy atom. The number of methoxy groups -OCH3 is 2. The Bertz CT molecular complexity index is 169. The molecule has 0 spiro atoms. The number of rotatable bonds is 2.